The van der Waals surface area contributed by atoms with Gasteiger partial charge < -0.3 is 10.6 Å². The molecule has 2 bridgehead atoms. The molecule has 0 spiro atoms. The molecular formula is C23H28FIN4O2. The van der Waals surface area contributed by atoms with Crippen molar-refractivity contribution in [3.8, 4) is 0 Å². The fourth-order valence-corrected chi connectivity index (χ4v) is 5.47. The molecule has 3 aliphatic carbocycles. The van der Waals surface area contributed by atoms with E-state index in [9.17, 15) is 14.0 Å². The van der Waals surface area contributed by atoms with Gasteiger partial charge in [-0.2, -0.15) is 0 Å². The summed E-state index contributed by atoms with van der Waals surface area (Å²) in [5.41, 5.74) is 1.16. The fraction of sp³-hybridized carbons (Fsp3) is 0.522. The number of hydrogen-bond acceptors (Lipinski definition) is 3. The van der Waals surface area contributed by atoms with E-state index < -0.39 is 0 Å². The number of likely N-dealkylation sites (tertiary alicyclic amines) is 1. The molecule has 3 fully saturated rings. The molecule has 2 N–H and O–H groups in total. The second kappa shape index (κ2) is 8.52. The summed E-state index contributed by atoms with van der Waals surface area (Å²) in [6.45, 7) is 1.52. The Kier molecular flexibility index (Phi) is 6.11. The van der Waals surface area contributed by atoms with Crippen molar-refractivity contribution in [3.05, 3.63) is 47.8 Å². The summed E-state index contributed by atoms with van der Waals surface area (Å²) in [5.74, 6) is 0.587. The van der Waals surface area contributed by atoms with E-state index in [1.165, 1.54) is 17.0 Å². The van der Waals surface area contributed by atoms with Crippen LogP contribution >= 0.6 is 24.0 Å². The zero-order valence-corrected chi connectivity index (χ0v) is 19.8. The Labute approximate surface area is 198 Å². The lowest BCUT2D eigenvalue weighted by Gasteiger charge is -2.21. The number of hydrogen-bond donors (Lipinski definition) is 2. The number of rotatable bonds is 6. The number of fused-ring (bicyclic) bond motifs is 5. The Morgan fingerprint density at radius 3 is 2.26 bits per heavy atom. The van der Waals surface area contributed by atoms with E-state index in [2.05, 4.69) is 27.8 Å². The van der Waals surface area contributed by atoms with E-state index in [1.54, 1.807) is 7.05 Å². The van der Waals surface area contributed by atoms with Crippen LogP contribution in [0.4, 0.5) is 4.39 Å². The zero-order valence-electron chi connectivity index (χ0n) is 17.5. The van der Waals surface area contributed by atoms with Crippen LogP contribution in [0, 0.1) is 29.5 Å². The Hall–Kier alpha value is -1.97. The minimum absolute atomic E-state index is 0. The standard InChI is InChI=1S/C23H27FN4O2.HI/c1-25-22(27-13-23(8-9-23)16-4-6-17(24)7-5-16)26-10-11-28-20(29)18-14-2-3-15(12-14)19(18)21(28)30;/h2-7,14-15,18-19H,8-13H2,1H3,(H2,25,26,27);1H. The number of aliphatic imine (C=N–C) groups is 1. The van der Waals surface area contributed by atoms with E-state index in [4.69, 9.17) is 0 Å². The Morgan fingerprint density at radius 1 is 1.10 bits per heavy atom. The smallest absolute Gasteiger partial charge is 0.233 e. The molecule has 0 aromatic heterocycles. The topological polar surface area (TPSA) is 73.8 Å². The third-order valence-electron chi connectivity index (χ3n) is 7.32. The van der Waals surface area contributed by atoms with E-state index in [1.807, 2.05) is 12.1 Å². The van der Waals surface area contributed by atoms with Crippen LogP contribution in [-0.4, -0.2) is 49.4 Å². The van der Waals surface area contributed by atoms with Gasteiger partial charge in [0.2, 0.25) is 11.8 Å². The van der Waals surface area contributed by atoms with Crippen molar-refractivity contribution in [2.24, 2.45) is 28.7 Å². The molecule has 2 amide bonds. The summed E-state index contributed by atoms with van der Waals surface area (Å²) < 4.78 is 13.2. The number of carbonyl (C=O) groups excluding carboxylic acids is 2. The van der Waals surface area contributed by atoms with Gasteiger partial charge in [0.15, 0.2) is 5.96 Å². The highest BCUT2D eigenvalue weighted by atomic mass is 127. The van der Waals surface area contributed by atoms with Crippen molar-refractivity contribution >= 4 is 41.8 Å². The minimum Gasteiger partial charge on any atom is -0.356 e. The lowest BCUT2D eigenvalue weighted by molar-refractivity contribution is -0.140. The average Bonchev–Trinajstić information content (AvgIpc) is 3.13. The average molecular weight is 538 g/mol. The molecule has 166 valence electrons. The number of guanidine groups is 1. The van der Waals surface area contributed by atoms with Crippen LogP contribution in [0.5, 0.6) is 0 Å². The van der Waals surface area contributed by atoms with Gasteiger partial charge in [0.25, 0.3) is 0 Å². The molecule has 1 aromatic carbocycles. The first-order chi connectivity index (χ1) is 14.5. The van der Waals surface area contributed by atoms with Crippen molar-refractivity contribution in [2.75, 3.05) is 26.7 Å². The number of halogens is 2. The lowest BCUT2D eigenvalue weighted by atomic mass is 9.85. The molecule has 31 heavy (non-hydrogen) atoms. The van der Waals surface area contributed by atoms with Gasteiger partial charge in [-0.05, 0) is 48.8 Å². The summed E-state index contributed by atoms with van der Waals surface area (Å²) in [5, 5.41) is 6.56. The third kappa shape index (κ3) is 3.87. The molecule has 1 heterocycles. The fourth-order valence-electron chi connectivity index (χ4n) is 5.47. The molecule has 4 atom stereocenters. The van der Waals surface area contributed by atoms with E-state index in [0.29, 0.717) is 25.6 Å². The Balaban J connectivity index is 0.00000231. The van der Waals surface area contributed by atoms with E-state index in [-0.39, 0.29) is 70.7 Å². The molecule has 0 radical (unpaired) electrons. The van der Waals surface area contributed by atoms with Crippen LogP contribution in [0.2, 0.25) is 0 Å². The van der Waals surface area contributed by atoms with Crippen molar-refractivity contribution in [1.29, 1.82) is 0 Å². The zero-order chi connectivity index (χ0) is 20.9. The number of allylic oxidation sites excluding steroid dienone is 2. The quantitative estimate of drug-likeness (QED) is 0.192. The second-order valence-corrected chi connectivity index (χ2v) is 8.97. The molecular weight excluding hydrogens is 510 g/mol. The van der Waals surface area contributed by atoms with E-state index >= 15 is 0 Å². The number of amides is 2. The first-order valence-electron chi connectivity index (χ1n) is 10.8. The number of nitrogens with one attached hydrogen (secondary N) is 2. The third-order valence-corrected chi connectivity index (χ3v) is 7.32. The van der Waals surface area contributed by atoms with Gasteiger partial charge in [0.1, 0.15) is 5.82 Å². The van der Waals surface area contributed by atoms with Crippen LogP contribution in [0.1, 0.15) is 24.8 Å². The van der Waals surface area contributed by atoms with Crippen LogP contribution in [0.25, 0.3) is 0 Å². The Morgan fingerprint density at radius 2 is 1.71 bits per heavy atom. The van der Waals surface area contributed by atoms with Gasteiger partial charge in [0.05, 0.1) is 11.8 Å². The largest absolute Gasteiger partial charge is 0.356 e. The summed E-state index contributed by atoms with van der Waals surface area (Å²) in [6, 6.07) is 6.71. The first kappa shape index (κ1) is 22.2. The highest BCUT2D eigenvalue weighted by Crippen LogP contribution is 2.52. The summed E-state index contributed by atoms with van der Waals surface area (Å²) in [6.07, 6.45) is 7.28. The van der Waals surface area contributed by atoms with Crippen LogP contribution in [0.3, 0.4) is 0 Å². The number of imide groups is 1. The monoisotopic (exact) mass is 538 g/mol. The number of nitrogens with zero attached hydrogens (tertiary/aromatic N) is 2. The molecule has 5 rings (SSSR count). The molecule has 1 saturated heterocycles. The van der Waals surface area contributed by atoms with Gasteiger partial charge in [-0.3, -0.25) is 19.5 Å². The molecule has 8 heteroatoms. The molecule has 4 aliphatic rings. The maximum atomic E-state index is 13.2. The molecule has 6 nitrogen and oxygen atoms in total. The van der Waals surface area contributed by atoms with Gasteiger partial charge in [0, 0.05) is 32.1 Å². The molecule has 4 unspecified atom stereocenters. The predicted octanol–water partition coefficient (Wildman–Crippen LogP) is 2.45. The SMILES string of the molecule is CN=C(NCCN1C(=O)C2C3C=CC(C3)C2C1=O)NCC1(c2ccc(F)cc2)CC1.I. The minimum atomic E-state index is -0.223. The van der Waals surface area contributed by atoms with Crippen LogP contribution in [0.15, 0.2) is 41.4 Å². The molecule has 1 aromatic rings. The highest BCUT2D eigenvalue weighted by Gasteiger charge is 2.58. The van der Waals surface area contributed by atoms with Gasteiger partial charge in [-0.1, -0.05) is 24.3 Å². The van der Waals surface area contributed by atoms with Crippen molar-refractivity contribution in [1.82, 2.24) is 15.5 Å². The maximum Gasteiger partial charge on any atom is 0.233 e. The molecule has 2 saturated carbocycles. The number of carbonyl (C=O) groups is 2. The first-order valence-corrected chi connectivity index (χ1v) is 10.8. The van der Waals surface area contributed by atoms with Gasteiger partial charge in [-0.15, -0.1) is 24.0 Å². The van der Waals surface area contributed by atoms with E-state index in [0.717, 1.165) is 24.8 Å². The summed E-state index contributed by atoms with van der Waals surface area (Å²) >= 11 is 0. The lowest BCUT2D eigenvalue weighted by Crippen LogP contribution is -2.45. The maximum absolute atomic E-state index is 13.2. The highest BCUT2D eigenvalue weighted by molar-refractivity contribution is 14.0. The van der Waals surface area contributed by atoms with Gasteiger partial charge >= 0.3 is 0 Å². The number of benzene rings is 1. The molecule has 1 aliphatic heterocycles. The van der Waals surface area contributed by atoms with Crippen LogP contribution < -0.4 is 10.6 Å². The normalized spacial score (nSPS) is 29.7. The van der Waals surface area contributed by atoms with Crippen molar-refractivity contribution in [2.45, 2.75) is 24.7 Å². The Bertz CT molecular complexity index is 898. The van der Waals surface area contributed by atoms with Crippen molar-refractivity contribution < 1.29 is 14.0 Å². The van der Waals surface area contributed by atoms with Crippen LogP contribution in [-0.2, 0) is 15.0 Å². The second-order valence-electron chi connectivity index (χ2n) is 8.97. The van der Waals surface area contributed by atoms with Crippen molar-refractivity contribution in [3.63, 3.8) is 0 Å². The predicted molar refractivity (Wildman–Crippen MR) is 127 cm³/mol. The van der Waals surface area contributed by atoms with Gasteiger partial charge in [-0.25, -0.2) is 4.39 Å². The summed E-state index contributed by atoms with van der Waals surface area (Å²) in [7, 11) is 1.70. The summed E-state index contributed by atoms with van der Waals surface area (Å²) in [4.78, 5) is 31.2.